The first kappa shape index (κ1) is 13.5. The summed E-state index contributed by atoms with van der Waals surface area (Å²) >= 11 is 0. The van der Waals surface area contributed by atoms with Gasteiger partial charge in [-0.2, -0.15) is 0 Å². The number of benzene rings is 2. The van der Waals surface area contributed by atoms with Crippen molar-refractivity contribution in [2.24, 2.45) is 0 Å². The average Bonchev–Trinajstić information content (AvgIpc) is 2.59. The minimum Gasteiger partial charge on any atom is -0.507 e. The molecular weight excluding hydrogens is 292 g/mol. The van der Waals surface area contributed by atoms with Crippen LogP contribution in [0.1, 0.15) is 26.3 Å². The number of rotatable bonds is 2. The standard InChI is InChI=1S/C18H12N2O3/c21-15-7-6-14-16-12(15)4-1-5-13(16)17(22)20(18(14)23)10-11-3-2-8-19-9-11/h1-9,21H,10H2. The second-order valence-electron chi connectivity index (χ2n) is 5.42. The van der Waals surface area contributed by atoms with E-state index in [0.29, 0.717) is 21.9 Å². The highest BCUT2D eigenvalue weighted by Crippen LogP contribution is 2.35. The van der Waals surface area contributed by atoms with E-state index in [1.165, 1.54) is 11.0 Å². The smallest absolute Gasteiger partial charge is 0.261 e. The van der Waals surface area contributed by atoms with Gasteiger partial charge < -0.3 is 5.11 Å². The number of carbonyl (C=O) groups excluding carboxylic acids is 2. The predicted octanol–water partition coefficient (Wildman–Crippen LogP) is 2.74. The Balaban J connectivity index is 1.87. The van der Waals surface area contributed by atoms with Gasteiger partial charge in [-0.15, -0.1) is 0 Å². The van der Waals surface area contributed by atoms with Gasteiger partial charge >= 0.3 is 0 Å². The molecule has 0 saturated carbocycles. The summed E-state index contributed by atoms with van der Waals surface area (Å²) in [6.07, 6.45) is 3.27. The Hall–Kier alpha value is -3.21. The van der Waals surface area contributed by atoms with Crippen LogP contribution < -0.4 is 0 Å². The first-order valence-electron chi connectivity index (χ1n) is 7.16. The van der Waals surface area contributed by atoms with Crippen LogP contribution in [0, 0.1) is 0 Å². The normalized spacial score (nSPS) is 13.7. The quantitative estimate of drug-likeness (QED) is 0.739. The van der Waals surface area contributed by atoms with Crippen molar-refractivity contribution in [2.75, 3.05) is 0 Å². The van der Waals surface area contributed by atoms with Crippen molar-refractivity contribution < 1.29 is 14.7 Å². The van der Waals surface area contributed by atoms with Crippen LogP contribution in [-0.4, -0.2) is 26.8 Å². The van der Waals surface area contributed by atoms with Crippen LogP contribution in [0.15, 0.2) is 54.9 Å². The van der Waals surface area contributed by atoms with Crippen LogP contribution in [0.4, 0.5) is 0 Å². The number of carbonyl (C=O) groups is 2. The van der Waals surface area contributed by atoms with E-state index >= 15 is 0 Å². The molecule has 0 radical (unpaired) electrons. The molecule has 3 aromatic rings. The molecule has 0 unspecified atom stereocenters. The second kappa shape index (κ2) is 4.91. The molecular formula is C18H12N2O3. The van der Waals surface area contributed by atoms with E-state index in [2.05, 4.69) is 4.98 Å². The van der Waals surface area contributed by atoms with Crippen LogP contribution in [0.2, 0.25) is 0 Å². The number of phenols is 1. The molecule has 112 valence electrons. The molecule has 1 N–H and O–H groups in total. The number of amides is 2. The summed E-state index contributed by atoms with van der Waals surface area (Å²) in [5.74, 6) is -0.656. The molecule has 0 atom stereocenters. The second-order valence-corrected chi connectivity index (χ2v) is 5.42. The number of hydrogen-bond acceptors (Lipinski definition) is 4. The first-order chi connectivity index (χ1) is 11.2. The molecule has 23 heavy (non-hydrogen) atoms. The third-order valence-corrected chi connectivity index (χ3v) is 4.03. The summed E-state index contributed by atoms with van der Waals surface area (Å²) in [6, 6.07) is 11.7. The van der Waals surface area contributed by atoms with Crippen molar-refractivity contribution in [2.45, 2.75) is 6.54 Å². The molecule has 2 amide bonds. The van der Waals surface area contributed by atoms with Crippen LogP contribution in [-0.2, 0) is 6.54 Å². The number of aromatic nitrogens is 1. The fourth-order valence-corrected chi connectivity index (χ4v) is 2.95. The number of hydrogen-bond donors (Lipinski definition) is 1. The van der Waals surface area contributed by atoms with E-state index in [1.54, 1.807) is 42.7 Å². The van der Waals surface area contributed by atoms with E-state index in [0.717, 1.165) is 5.56 Å². The fraction of sp³-hybridized carbons (Fsp3) is 0.0556. The highest BCUT2D eigenvalue weighted by Gasteiger charge is 2.33. The predicted molar refractivity (Wildman–Crippen MR) is 84.1 cm³/mol. The molecule has 0 aliphatic carbocycles. The van der Waals surface area contributed by atoms with Crippen molar-refractivity contribution >= 4 is 22.6 Å². The molecule has 4 rings (SSSR count). The Morgan fingerprint density at radius 3 is 2.48 bits per heavy atom. The summed E-state index contributed by atoms with van der Waals surface area (Å²) in [5.41, 5.74) is 1.64. The van der Waals surface area contributed by atoms with Crippen molar-refractivity contribution in [1.29, 1.82) is 0 Å². The zero-order chi connectivity index (χ0) is 16.0. The van der Waals surface area contributed by atoms with Crippen LogP contribution >= 0.6 is 0 Å². The van der Waals surface area contributed by atoms with Crippen LogP contribution in [0.5, 0.6) is 5.75 Å². The van der Waals surface area contributed by atoms with Crippen LogP contribution in [0.3, 0.4) is 0 Å². The molecule has 0 fully saturated rings. The van der Waals surface area contributed by atoms with Crippen LogP contribution in [0.25, 0.3) is 10.8 Å². The Morgan fingerprint density at radius 1 is 0.957 bits per heavy atom. The lowest BCUT2D eigenvalue weighted by Crippen LogP contribution is -2.39. The maximum atomic E-state index is 12.7. The minimum absolute atomic E-state index is 0.0620. The summed E-state index contributed by atoms with van der Waals surface area (Å²) in [4.78, 5) is 30.7. The van der Waals surface area contributed by atoms with E-state index in [9.17, 15) is 14.7 Å². The lowest BCUT2D eigenvalue weighted by atomic mass is 9.93. The highest BCUT2D eigenvalue weighted by atomic mass is 16.3. The molecule has 0 bridgehead atoms. The molecule has 5 heteroatoms. The zero-order valence-electron chi connectivity index (χ0n) is 12.1. The summed E-state index contributed by atoms with van der Waals surface area (Å²) in [6.45, 7) is 0.169. The Bertz CT molecular complexity index is 929. The third kappa shape index (κ3) is 1.97. The zero-order valence-corrected chi connectivity index (χ0v) is 12.1. The lowest BCUT2D eigenvalue weighted by Gasteiger charge is -2.27. The van der Waals surface area contributed by atoms with Crippen molar-refractivity contribution in [3.63, 3.8) is 0 Å². The number of imide groups is 1. The summed E-state index contributed by atoms with van der Waals surface area (Å²) < 4.78 is 0. The fourth-order valence-electron chi connectivity index (χ4n) is 2.95. The van der Waals surface area contributed by atoms with Gasteiger partial charge in [-0.05, 0) is 29.8 Å². The van der Waals surface area contributed by atoms with Gasteiger partial charge in [0.15, 0.2) is 0 Å². The average molecular weight is 304 g/mol. The lowest BCUT2D eigenvalue weighted by molar-refractivity contribution is 0.0598. The van der Waals surface area contributed by atoms with Gasteiger partial charge in [-0.1, -0.05) is 18.2 Å². The minimum atomic E-state index is -0.359. The topological polar surface area (TPSA) is 70.5 Å². The van der Waals surface area contributed by atoms with E-state index in [-0.39, 0.29) is 24.1 Å². The number of nitrogens with zero attached hydrogens (tertiary/aromatic N) is 2. The third-order valence-electron chi connectivity index (χ3n) is 4.03. The molecule has 0 saturated heterocycles. The van der Waals surface area contributed by atoms with Crippen molar-refractivity contribution in [1.82, 2.24) is 9.88 Å². The molecule has 0 spiro atoms. The van der Waals surface area contributed by atoms with Gasteiger partial charge in [0, 0.05) is 34.3 Å². The molecule has 1 aliphatic heterocycles. The Kier molecular flexibility index (Phi) is 2.87. The molecule has 1 aliphatic rings. The summed E-state index contributed by atoms with van der Waals surface area (Å²) in [5, 5.41) is 11.0. The summed E-state index contributed by atoms with van der Waals surface area (Å²) in [7, 11) is 0. The Labute approximate surface area is 131 Å². The number of aromatic hydroxyl groups is 1. The van der Waals surface area contributed by atoms with Gasteiger partial charge in [0.25, 0.3) is 11.8 Å². The molecule has 2 aromatic carbocycles. The van der Waals surface area contributed by atoms with Gasteiger partial charge in [0.05, 0.1) is 6.54 Å². The van der Waals surface area contributed by atoms with Gasteiger partial charge in [0.1, 0.15) is 5.75 Å². The monoisotopic (exact) mass is 304 g/mol. The van der Waals surface area contributed by atoms with Crippen molar-refractivity contribution in [3.8, 4) is 5.75 Å². The maximum absolute atomic E-state index is 12.7. The SMILES string of the molecule is O=C1c2cccc3c(O)ccc(c23)C(=O)N1Cc1cccnc1. The maximum Gasteiger partial charge on any atom is 0.261 e. The molecule has 1 aromatic heterocycles. The van der Waals surface area contributed by atoms with E-state index in [1.807, 2.05) is 6.07 Å². The van der Waals surface area contributed by atoms with Crippen molar-refractivity contribution in [3.05, 3.63) is 71.5 Å². The van der Waals surface area contributed by atoms with Gasteiger partial charge in [-0.25, -0.2) is 0 Å². The largest absolute Gasteiger partial charge is 0.507 e. The molecule has 2 heterocycles. The highest BCUT2D eigenvalue weighted by molar-refractivity contribution is 6.26. The molecule has 5 nitrogen and oxygen atoms in total. The number of pyridine rings is 1. The first-order valence-corrected chi connectivity index (χ1v) is 7.16. The van der Waals surface area contributed by atoms with Gasteiger partial charge in [0.2, 0.25) is 0 Å². The Morgan fingerprint density at radius 2 is 1.74 bits per heavy atom. The number of phenolic OH excluding ortho intramolecular Hbond substituents is 1. The van der Waals surface area contributed by atoms with Gasteiger partial charge in [-0.3, -0.25) is 19.5 Å². The van der Waals surface area contributed by atoms with E-state index in [4.69, 9.17) is 0 Å². The van der Waals surface area contributed by atoms with E-state index < -0.39 is 0 Å².